The van der Waals surface area contributed by atoms with Gasteiger partial charge < -0.3 is 4.90 Å². The van der Waals surface area contributed by atoms with Gasteiger partial charge in [0.2, 0.25) is 5.91 Å². The van der Waals surface area contributed by atoms with E-state index in [4.69, 9.17) is 0 Å². The van der Waals surface area contributed by atoms with Gasteiger partial charge in [-0.2, -0.15) is 0 Å². The molecule has 0 atom stereocenters. The molecule has 0 aromatic heterocycles. The number of likely N-dealkylation sites (tertiary alicyclic amines) is 1. The Balaban J connectivity index is 2.27. The fourth-order valence-electron chi connectivity index (χ4n) is 1.35. The van der Waals surface area contributed by atoms with E-state index in [2.05, 4.69) is 0 Å². The van der Waals surface area contributed by atoms with Crippen LogP contribution in [0.4, 0.5) is 0 Å². The van der Waals surface area contributed by atoms with Crippen LogP contribution in [0.25, 0.3) is 0 Å². The highest BCUT2D eigenvalue weighted by molar-refractivity contribution is 5.76. The Morgan fingerprint density at radius 1 is 1.55 bits per heavy atom. The van der Waals surface area contributed by atoms with Crippen molar-refractivity contribution in [3.63, 3.8) is 0 Å². The minimum Gasteiger partial charge on any atom is -0.338 e. The van der Waals surface area contributed by atoms with Crippen molar-refractivity contribution < 1.29 is 4.79 Å². The normalized spacial score (nSPS) is 18.5. The molecule has 1 saturated heterocycles. The molecule has 0 spiro atoms. The summed E-state index contributed by atoms with van der Waals surface area (Å²) in [5, 5.41) is 0. The van der Waals surface area contributed by atoms with Gasteiger partial charge in [-0.15, -0.1) is 0 Å². The third kappa shape index (κ3) is 2.52. The van der Waals surface area contributed by atoms with E-state index in [1.54, 1.807) is 0 Å². The minimum atomic E-state index is 0.298. The first-order chi connectivity index (χ1) is 5.34. The number of nitrogens with zero attached hydrogens (tertiary/aromatic N) is 1. The smallest absolute Gasteiger partial charge is 0.222 e. The SMILES string of the molecule is CCCC(=O)N1[CH]CCCC1. The molecule has 2 nitrogen and oxygen atoms in total. The molecule has 0 aromatic carbocycles. The first-order valence-electron chi connectivity index (χ1n) is 4.47. The number of carbonyl (C=O) groups is 1. The van der Waals surface area contributed by atoms with E-state index in [9.17, 15) is 4.79 Å². The second-order valence-corrected chi connectivity index (χ2v) is 3.02. The van der Waals surface area contributed by atoms with E-state index in [0.717, 1.165) is 19.4 Å². The van der Waals surface area contributed by atoms with Gasteiger partial charge >= 0.3 is 0 Å². The summed E-state index contributed by atoms with van der Waals surface area (Å²) in [5.74, 6) is 0.298. The molecule has 0 saturated carbocycles. The van der Waals surface area contributed by atoms with Gasteiger partial charge in [0.15, 0.2) is 0 Å². The molecule has 1 fully saturated rings. The van der Waals surface area contributed by atoms with Crippen molar-refractivity contribution in [2.24, 2.45) is 0 Å². The van der Waals surface area contributed by atoms with E-state index in [1.807, 2.05) is 18.4 Å². The lowest BCUT2D eigenvalue weighted by Crippen LogP contribution is -2.31. The van der Waals surface area contributed by atoms with Crippen LogP contribution in [0.2, 0.25) is 0 Å². The van der Waals surface area contributed by atoms with Gasteiger partial charge in [0.25, 0.3) is 0 Å². The lowest BCUT2D eigenvalue weighted by atomic mass is 10.1. The summed E-state index contributed by atoms with van der Waals surface area (Å²) in [6.07, 6.45) is 5.16. The summed E-state index contributed by atoms with van der Waals surface area (Å²) in [4.78, 5) is 13.2. The molecular formula is C9H16NO. The van der Waals surface area contributed by atoms with Crippen molar-refractivity contribution in [1.29, 1.82) is 0 Å². The molecule has 11 heavy (non-hydrogen) atoms. The summed E-state index contributed by atoms with van der Waals surface area (Å²) in [5.41, 5.74) is 0. The van der Waals surface area contributed by atoms with Gasteiger partial charge in [0, 0.05) is 13.0 Å². The van der Waals surface area contributed by atoms with Gasteiger partial charge in [-0.25, -0.2) is 0 Å². The monoisotopic (exact) mass is 154 g/mol. The predicted molar refractivity (Wildman–Crippen MR) is 44.8 cm³/mol. The molecule has 0 aromatic rings. The maximum absolute atomic E-state index is 11.3. The van der Waals surface area contributed by atoms with E-state index < -0.39 is 0 Å². The van der Waals surface area contributed by atoms with Crippen LogP contribution in [0, 0.1) is 6.54 Å². The Bertz CT molecular complexity index is 128. The average Bonchev–Trinajstić information content (AvgIpc) is 2.07. The van der Waals surface area contributed by atoms with Crippen molar-refractivity contribution in [2.75, 3.05) is 6.54 Å². The number of amides is 1. The van der Waals surface area contributed by atoms with Crippen LogP contribution in [0.5, 0.6) is 0 Å². The third-order valence-corrected chi connectivity index (χ3v) is 1.99. The standard InChI is InChI=1S/C9H16NO/c1-2-6-9(11)10-7-4-3-5-8-10/h7H,2-6,8H2,1H3. The second-order valence-electron chi connectivity index (χ2n) is 3.02. The molecule has 0 aliphatic carbocycles. The zero-order chi connectivity index (χ0) is 8.10. The predicted octanol–water partition coefficient (Wildman–Crippen LogP) is 1.96. The molecule has 1 aliphatic heterocycles. The van der Waals surface area contributed by atoms with Crippen molar-refractivity contribution in [1.82, 2.24) is 4.90 Å². The average molecular weight is 154 g/mol. The van der Waals surface area contributed by atoms with Crippen LogP contribution in [-0.4, -0.2) is 17.4 Å². The molecule has 1 aliphatic rings. The molecule has 1 radical (unpaired) electrons. The van der Waals surface area contributed by atoms with E-state index in [1.165, 1.54) is 12.8 Å². The van der Waals surface area contributed by atoms with Crippen molar-refractivity contribution >= 4 is 5.91 Å². The van der Waals surface area contributed by atoms with Crippen LogP contribution in [-0.2, 0) is 4.79 Å². The van der Waals surface area contributed by atoms with Crippen LogP contribution in [0.1, 0.15) is 39.0 Å². The largest absolute Gasteiger partial charge is 0.338 e. The van der Waals surface area contributed by atoms with Gasteiger partial charge in [0.1, 0.15) is 0 Å². The van der Waals surface area contributed by atoms with Crippen molar-refractivity contribution in [3.05, 3.63) is 6.54 Å². The van der Waals surface area contributed by atoms with Gasteiger partial charge in [0.05, 0.1) is 6.54 Å². The molecule has 1 amide bonds. The molecule has 0 unspecified atom stereocenters. The van der Waals surface area contributed by atoms with Crippen molar-refractivity contribution in [3.8, 4) is 0 Å². The van der Waals surface area contributed by atoms with E-state index in [-0.39, 0.29) is 0 Å². The highest BCUT2D eigenvalue weighted by Crippen LogP contribution is 2.13. The lowest BCUT2D eigenvalue weighted by Gasteiger charge is -2.25. The number of hydrogen-bond donors (Lipinski definition) is 0. The second kappa shape index (κ2) is 4.37. The molecular weight excluding hydrogens is 138 g/mol. The highest BCUT2D eigenvalue weighted by Gasteiger charge is 2.14. The third-order valence-electron chi connectivity index (χ3n) is 1.99. The first kappa shape index (κ1) is 8.57. The van der Waals surface area contributed by atoms with Crippen LogP contribution in [0.15, 0.2) is 0 Å². The number of carbonyl (C=O) groups excluding carboxylic acids is 1. The quantitative estimate of drug-likeness (QED) is 0.595. The highest BCUT2D eigenvalue weighted by atomic mass is 16.2. The molecule has 1 heterocycles. The van der Waals surface area contributed by atoms with Crippen LogP contribution >= 0.6 is 0 Å². The molecule has 0 N–H and O–H groups in total. The van der Waals surface area contributed by atoms with Gasteiger partial charge in [-0.3, -0.25) is 4.79 Å². The molecule has 2 heteroatoms. The molecule has 63 valence electrons. The zero-order valence-electron chi connectivity index (χ0n) is 7.18. The Hall–Kier alpha value is -0.530. The fraction of sp³-hybridized carbons (Fsp3) is 0.778. The number of rotatable bonds is 2. The summed E-state index contributed by atoms with van der Waals surface area (Å²) in [7, 11) is 0. The summed E-state index contributed by atoms with van der Waals surface area (Å²) < 4.78 is 0. The van der Waals surface area contributed by atoms with Gasteiger partial charge in [-0.05, 0) is 25.7 Å². The maximum atomic E-state index is 11.3. The van der Waals surface area contributed by atoms with Crippen LogP contribution < -0.4 is 0 Å². The summed E-state index contributed by atoms with van der Waals surface area (Å²) in [6.45, 7) is 5.03. The van der Waals surface area contributed by atoms with E-state index >= 15 is 0 Å². The zero-order valence-corrected chi connectivity index (χ0v) is 7.18. The molecule has 0 bridgehead atoms. The summed E-state index contributed by atoms with van der Waals surface area (Å²) in [6, 6.07) is 0. The Morgan fingerprint density at radius 3 is 2.91 bits per heavy atom. The Morgan fingerprint density at radius 2 is 2.36 bits per heavy atom. The fourth-order valence-corrected chi connectivity index (χ4v) is 1.35. The minimum absolute atomic E-state index is 0.298. The maximum Gasteiger partial charge on any atom is 0.222 e. The Labute approximate surface area is 68.6 Å². The topological polar surface area (TPSA) is 20.3 Å². The molecule has 1 rings (SSSR count). The number of hydrogen-bond acceptors (Lipinski definition) is 1. The summed E-state index contributed by atoms with van der Waals surface area (Å²) >= 11 is 0. The van der Waals surface area contributed by atoms with Crippen LogP contribution in [0.3, 0.4) is 0 Å². The van der Waals surface area contributed by atoms with E-state index in [0.29, 0.717) is 12.3 Å². The number of piperidine rings is 1. The van der Waals surface area contributed by atoms with Gasteiger partial charge in [-0.1, -0.05) is 6.92 Å². The first-order valence-corrected chi connectivity index (χ1v) is 4.47. The Kier molecular flexibility index (Phi) is 3.40. The lowest BCUT2D eigenvalue weighted by molar-refractivity contribution is -0.130. The van der Waals surface area contributed by atoms with Crippen molar-refractivity contribution in [2.45, 2.75) is 39.0 Å².